The van der Waals surface area contributed by atoms with E-state index in [1.54, 1.807) is 0 Å². The third-order valence-electron chi connectivity index (χ3n) is 2.61. The summed E-state index contributed by atoms with van der Waals surface area (Å²) in [5.41, 5.74) is 10.9. The summed E-state index contributed by atoms with van der Waals surface area (Å²) in [6.45, 7) is 0. The van der Waals surface area contributed by atoms with E-state index in [1.807, 2.05) is 0 Å². The van der Waals surface area contributed by atoms with Crippen LogP contribution in [0.5, 0.6) is 6.01 Å². The van der Waals surface area contributed by atoms with Crippen LogP contribution in [0.4, 0.5) is 24.8 Å². The molecule has 0 aliphatic rings. The largest absolute Gasteiger partial charge is 0.467 e. The van der Waals surface area contributed by atoms with Gasteiger partial charge in [-0.05, 0) is 17.7 Å². The lowest BCUT2D eigenvalue weighted by Crippen LogP contribution is -2.07. The zero-order valence-corrected chi connectivity index (χ0v) is 10.4. The molecule has 2 aromatic rings. The number of anilines is 2. The van der Waals surface area contributed by atoms with E-state index in [-0.39, 0.29) is 28.8 Å². The van der Waals surface area contributed by atoms with E-state index in [0.29, 0.717) is 0 Å². The van der Waals surface area contributed by atoms with Crippen molar-refractivity contribution in [1.82, 2.24) is 9.97 Å². The Morgan fingerprint density at radius 2 is 1.70 bits per heavy atom. The standard InChI is InChI=1S/C12H11F3N4O/c1-20-11-18-9(16)8(10(17)19-11)6-3-2-4-7(5-6)12(13,14)15/h2-5H,1H3,(H4,16,17,18,19). The summed E-state index contributed by atoms with van der Waals surface area (Å²) < 4.78 is 42.9. The number of hydrogen-bond donors (Lipinski definition) is 2. The molecule has 106 valence electrons. The molecule has 0 spiro atoms. The molecule has 0 saturated heterocycles. The van der Waals surface area contributed by atoms with Crippen LogP contribution in [0.3, 0.4) is 0 Å². The molecule has 1 aromatic heterocycles. The van der Waals surface area contributed by atoms with Crippen molar-refractivity contribution >= 4 is 11.6 Å². The maximum Gasteiger partial charge on any atom is 0.416 e. The van der Waals surface area contributed by atoms with Crippen LogP contribution in [0.2, 0.25) is 0 Å². The predicted octanol–water partition coefficient (Wildman–Crippen LogP) is 2.34. The summed E-state index contributed by atoms with van der Waals surface area (Å²) >= 11 is 0. The summed E-state index contributed by atoms with van der Waals surface area (Å²) in [6, 6.07) is 4.57. The third-order valence-corrected chi connectivity index (χ3v) is 2.61. The maximum absolute atomic E-state index is 12.7. The average Bonchev–Trinajstić information content (AvgIpc) is 2.37. The molecular weight excluding hydrogens is 273 g/mol. The third kappa shape index (κ3) is 2.58. The molecule has 0 radical (unpaired) electrons. The van der Waals surface area contributed by atoms with Gasteiger partial charge in [-0.15, -0.1) is 0 Å². The van der Waals surface area contributed by atoms with E-state index in [0.717, 1.165) is 12.1 Å². The Morgan fingerprint density at radius 3 is 2.20 bits per heavy atom. The van der Waals surface area contributed by atoms with Crippen molar-refractivity contribution in [2.45, 2.75) is 6.18 Å². The van der Waals surface area contributed by atoms with Gasteiger partial charge in [-0.2, -0.15) is 23.1 Å². The van der Waals surface area contributed by atoms with E-state index < -0.39 is 11.7 Å². The van der Waals surface area contributed by atoms with E-state index >= 15 is 0 Å². The highest BCUT2D eigenvalue weighted by molar-refractivity contribution is 5.83. The highest BCUT2D eigenvalue weighted by atomic mass is 19.4. The Labute approximate surface area is 112 Å². The van der Waals surface area contributed by atoms with E-state index in [4.69, 9.17) is 16.2 Å². The van der Waals surface area contributed by atoms with Gasteiger partial charge in [0.15, 0.2) is 0 Å². The van der Waals surface area contributed by atoms with E-state index in [2.05, 4.69) is 9.97 Å². The summed E-state index contributed by atoms with van der Waals surface area (Å²) in [6.07, 6.45) is -4.45. The van der Waals surface area contributed by atoms with Gasteiger partial charge in [0.25, 0.3) is 0 Å². The molecule has 0 fully saturated rings. The summed E-state index contributed by atoms with van der Waals surface area (Å²) in [7, 11) is 1.33. The lowest BCUT2D eigenvalue weighted by molar-refractivity contribution is -0.137. The number of benzene rings is 1. The fourth-order valence-corrected chi connectivity index (χ4v) is 1.71. The molecule has 0 amide bonds. The second kappa shape index (κ2) is 4.87. The highest BCUT2D eigenvalue weighted by Crippen LogP contribution is 2.35. The topological polar surface area (TPSA) is 87.0 Å². The molecule has 0 bridgehead atoms. The van der Waals surface area contributed by atoms with Gasteiger partial charge in [0.05, 0.1) is 18.2 Å². The van der Waals surface area contributed by atoms with E-state index in [1.165, 1.54) is 19.2 Å². The van der Waals surface area contributed by atoms with Gasteiger partial charge in [0.2, 0.25) is 0 Å². The minimum atomic E-state index is -4.45. The normalized spacial score (nSPS) is 11.4. The Balaban J connectivity index is 2.58. The van der Waals surface area contributed by atoms with Crippen molar-refractivity contribution in [2.75, 3.05) is 18.6 Å². The molecule has 1 aromatic carbocycles. The zero-order valence-electron chi connectivity index (χ0n) is 10.4. The van der Waals surface area contributed by atoms with Gasteiger partial charge in [0.1, 0.15) is 11.6 Å². The molecule has 4 N–H and O–H groups in total. The molecular formula is C12H11F3N4O. The summed E-state index contributed by atoms with van der Waals surface area (Å²) in [4.78, 5) is 7.61. The molecule has 0 atom stereocenters. The molecule has 0 saturated carbocycles. The molecule has 0 aliphatic carbocycles. The highest BCUT2D eigenvalue weighted by Gasteiger charge is 2.30. The van der Waals surface area contributed by atoms with Crippen molar-refractivity contribution in [3.05, 3.63) is 29.8 Å². The number of halogens is 3. The fourth-order valence-electron chi connectivity index (χ4n) is 1.71. The summed E-state index contributed by atoms with van der Waals surface area (Å²) in [5.74, 6) is -0.0950. The SMILES string of the molecule is COc1nc(N)c(-c2cccc(C(F)(F)F)c2)c(N)n1. The number of rotatable bonds is 2. The van der Waals surface area contributed by atoms with Crippen molar-refractivity contribution in [1.29, 1.82) is 0 Å². The quantitative estimate of drug-likeness (QED) is 0.883. The van der Waals surface area contributed by atoms with Crippen LogP contribution in [0.15, 0.2) is 24.3 Å². The second-order valence-corrected chi connectivity index (χ2v) is 3.93. The van der Waals surface area contributed by atoms with E-state index in [9.17, 15) is 13.2 Å². The molecule has 2 rings (SSSR count). The van der Waals surface area contributed by atoms with Crippen molar-refractivity contribution in [3.63, 3.8) is 0 Å². The van der Waals surface area contributed by atoms with Crippen LogP contribution in [0.25, 0.3) is 11.1 Å². The lowest BCUT2D eigenvalue weighted by atomic mass is 10.0. The van der Waals surface area contributed by atoms with Crippen LogP contribution in [-0.2, 0) is 6.18 Å². The molecule has 8 heteroatoms. The second-order valence-electron chi connectivity index (χ2n) is 3.93. The van der Waals surface area contributed by atoms with Gasteiger partial charge in [-0.3, -0.25) is 0 Å². The number of aromatic nitrogens is 2. The molecule has 20 heavy (non-hydrogen) atoms. The van der Waals surface area contributed by atoms with Crippen LogP contribution >= 0.6 is 0 Å². The fraction of sp³-hybridized carbons (Fsp3) is 0.167. The molecule has 0 unspecified atom stereocenters. The molecule has 5 nitrogen and oxygen atoms in total. The number of hydrogen-bond acceptors (Lipinski definition) is 5. The Hall–Kier alpha value is -2.51. The number of methoxy groups -OCH3 is 1. The number of ether oxygens (including phenoxy) is 1. The lowest BCUT2D eigenvalue weighted by Gasteiger charge is -2.12. The molecule has 0 aliphatic heterocycles. The van der Waals surface area contributed by atoms with Gasteiger partial charge >= 0.3 is 12.2 Å². The minimum absolute atomic E-state index is 0.0456. The van der Waals surface area contributed by atoms with Crippen molar-refractivity contribution in [2.24, 2.45) is 0 Å². The van der Waals surface area contributed by atoms with Crippen molar-refractivity contribution < 1.29 is 17.9 Å². The smallest absolute Gasteiger partial charge is 0.416 e. The monoisotopic (exact) mass is 284 g/mol. The van der Waals surface area contributed by atoms with Gasteiger partial charge in [0, 0.05) is 0 Å². The minimum Gasteiger partial charge on any atom is -0.467 e. The first-order valence-corrected chi connectivity index (χ1v) is 5.47. The summed E-state index contributed by atoms with van der Waals surface area (Å²) in [5, 5.41) is 0. The zero-order chi connectivity index (χ0) is 14.9. The average molecular weight is 284 g/mol. The predicted molar refractivity (Wildman–Crippen MR) is 67.8 cm³/mol. The van der Waals surface area contributed by atoms with Crippen LogP contribution < -0.4 is 16.2 Å². The number of alkyl halides is 3. The first-order chi connectivity index (χ1) is 9.32. The number of nitrogens with two attached hydrogens (primary N) is 2. The van der Waals surface area contributed by atoms with Crippen molar-refractivity contribution in [3.8, 4) is 17.1 Å². The Bertz CT molecular complexity index is 620. The Kier molecular flexibility index (Phi) is 3.39. The Morgan fingerprint density at radius 1 is 1.10 bits per heavy atom. The number of nitrogens with zero attached hydrogens (tertiary/aromatic N) is 2. The van der Waals surface area contributed by atoms with Gasteiger partial charge in [-0.1, -0.05) is 12.1 Å². The maximum atomic E-state index is 12.7. The first-order valence-electron chi connectivity index (χ1n) is 5.47. The van der Waals surface area contributed by atoms with Crippen LogP contribution in [-0.4, -0.2) is 17.1 Å². The van der Waals surface area contributed by atoms with Crippen LogP contribution in [0.1, 0.15) is 5.56 Å². The number of nitrogen functional groups attached to an aromatic ring is 2. The van der Waals surface area contributed by atoms with Crippen LogP contribution in [0, 0.1) is 0 Å². The van der Waals surface area contributed by atoms with Gasteiger partial charge in [-0.25, -0.2) is 0 Å². The van der Waals surface area contributed by atoms with Gasteiger partial charge < -0.3 is 16.2 Å². The first kappa shape index (κ1) is 13.9. The molecule has 1 heterocycles.